The summed E-state index contributed by atoms with van der Waals surface area (Å²) in [6.45, 7) is 1.41. The molecule has 1 N–H and O–H groups in total. The number of anilines is 2. The number of aromatic nitrogens is 3. The van der Waals surface area contributed by atoms with E-state index in [4.69, 9.17) is 35.8 Å². The highest BCUT2D eigenvalue weighted by molar-refractivity contribution is 6.30. The number of nitrogens with one attached hydrogen (secondary N) is 1. The summed E-state index contributed by atoms with van der Waals surface area (Å²) < 4.78 is 18.8. The monoisotopic (exact) mass is 541 g/mol. The molecular formula is C30H28ClN5O3. The maximum atomic E-state index is 6.25. The van der Waals surface area contributed by atoms with Crippen molar-refractivity contribution in [2.75, 3.05) is 32.8 Å². The van der Waals surface area contributed by atoms with Crippen molar-refractivity contribution < 1.29 is 14.2 Å². The predicted molar refractivity (Wildman–Crippen MR) is 153 cm³/mol. The zero-order valence-electron chi connectivity index (χ0n) is 21.7. The maximum absolute atomic E-state index is 6.25. The molecule has 3 heterocycles. The number of halogens is 1. The fourth-order valence-corrected chi connectivity index (χ4v) is 5.00. The number of rotatable bonds is 6. The second-order valence-electron chi connectivity index (χ2n) is 9.29. The Bertz CT molecular complexity index is 1660. The molecule has 1 aliphatic carbocycles. The number of ether oxygens (including phenoxy) is 3. The molecule has 0 bridgehead atoms. The van der Waals surface area contributed by atoms with Crippen LogP contribution < -0.4 is 20.1 Å². The first-order valence-electron chi connectivity index (χ1n) is 12.8. The molecule has 1 aromatic heterocycles. The molecule has 2 aromatic carbocycles. The lowest BCUT2D eigenvalue weighted by molar-refractivity contribution is 0.0864. The minimum absolute atomic E-state index is 0.157. The number of nitrogens with zero attached hydrogens (tertiary/aromatic N) is 4. The van der Waals surface area contributed by atoms with Crippen LogP contribution in [0.5, 0.6) is 11.6 Å². The Morgan fingerprint density at radius 2 is 1.79 bits per heavy atom. The number of methoxy groups -OCH3 is 2. The smallest absolute Gasteiger partial charge is 0.237 e. The molecule has 8 nitrogen and oxygen atoms in total. The van der Waals surface area contributed by atoms with Crippen molar-refractivity contribution in [2.45, 2.75) is 18.9 Å². The number of benzene rings is 3. The van der Waals surface area contributed by atoms with Crippen molar-refractivity contribution in [3.8, 4) is 28.7 Å². The van der Waals surface area contributed by atoms with E-state index >= 15 is 0 Å². The Kier molecular flexibility index (Phi) is 7.04. The van der Waals surface area contributed by atoms with Gasteiger partial charge in [0.05, 0.1) is 53.7 Å². The maximum Gasteiger partial charge on any atom is 0.237 e. The highest BCUT2D eigenvalue weighted by atomic mass is 35.5. The Balaban J connectivity index is 1.64. The summed E-state index contributed by atoms with van der Waals surface area (Å²) >= 11 is 6.25. The molecule has 39 heavy (non-hydrogen) atoms. The first-order valence-corrected chi connectivity index (χ1v) is 13.2. The average Bonchev–Trinajstić information content (AvgIpc) is 2.97. The van der Waals surface area contributed by atoms with Gasteiger partial charge in [-0.15, -0.1) is 0 Å². The van der Waals surface area contributed by atoms with Gasteiger partial charge in [0.25, 0.3) is 0 Å². The highest BCUT2D eigenvalue weighted by Crippen LogP contribution is 2.33. The summed E-state index contributed by atoms with van der Waals surface area (Å²) in [5.41, 5.74) is 5.98. The molecule has 1 saturated heterocycles. The van der Waals surface area contributed by atoms with E-state index in [1.807, 2.05) is 60.7 Å². The topological polar surface area (TPSA) is 82.8 Å². The van der Waals surface area contributed by atoms with Gasteiger partial charge in [-0.3, -0.25) is 4.99 Å². The molecule has 0 amide bonds. The van der Waals surface area contributed by atoms with Crippen molar-refractivity contribution in [1.29, 1.82) is 0 Å². The second kappa shape index (κ2) is 10.9. The summed E-state index contributed by atoms with van der Waals surface area (Å²) in [5.74, 6) is 1.25. The van der Waals surface area contributed by atoms with Gasteiger partial charge in [-0.2, -0.15) is 0 Å². The minimum atomic E-state index is 0.157. The van der Waals surface area contributed by atoms with Crippen LogP contribution in [0.2, 0.25) is 5.02 Å². The Labute approximate surface area is 231 Å². The van der Waals surface area contributed by atoms with Gasteiger partial charge >= 0.3 is 0 Å². The van der Waals surface area contributed by atoms with Crippen molar-refractivity contribution in [3.63, 3.8) is 0 Å². The second-order valence-corrected chi connectivity index (χ2v) is 9.73. The summed E-state index contributed by atoms with van der Waals surface area (Å²) in [4.78, 5) is 14.6. The molecule has 0 spiro atoms. The van der Waals surface area contributed by atoms with Gasteiger partial charge in [-0.05, 0) is 73.5 Å². The Hall–Kier alpha value is -4.14. The van der Waals surface area contributed by atoms with E-state index in [0.717, 1.165) is 63.4 Å². The number of hydrogen-bond donors (Lipinski definition) is 1. The van der Waals surface area contributed by atoms with Gasteiger partial charge in [-0.1, -0.05) is 11.6 Å². The standard InChI is InChI=1S/C30H28ClN5O3/c1-37-22-9-10-23-28(16-22)36(21-7-5-19(31)6-8-21)29-18-26(33-20-11-14-39-15-12-20)25(17-27(29)34-23)35-24-4-3-13-32-30(24)38-2/h3-10,13,16-18,20,35H,11-12,14-15H2,1-2H3. The number of pyridine rings is 1. The van der Waals surface area contributed by atoms with Crippen LogP contribution in [-0.2, 0) is 4.74 Å². The lowest BCUT2D eigenvalue weighted by Crippen LogP contribution is -2.23. The van der Waals surface area contributed by atoms with Gasteiger partial charge in [-0.25, -0.2) is 9.97 Å². The SMILES string of the molecule is COc1ccc2nc3cc(Nc4cccnc4OC)c(=NC4CCOCC4)cc-3n(-c3ccc(Cl)cc3)c2c1. The van der Waals surface area contributed by atoms with E-state index in [1.165, 1.54) is 0 Å². The van der Waals surface area contributed by atoms with Gasteiger partial charge < -0.3 is 24.1 Å². The molecule has 198 valence electrons. The molecule has 0 radical (unpaired) electrons. The molecule has 0 atom stereocenters. The van der Waals surface area contributed by atoms with E-state index in [0.29, 0.717) is 24.1 Å². The van der Waals surface area contributed by atoms with Crippen LogP contribution in [-0.4, -0.2) is 48.0 Å². The lowest BCUT2D eigenvalue weighted by Gasteiger charge is -2.22. The third-order valence-corrected chi connectivity index (χ3v) is 7.08. The fourth-order valence-electron chi connectivity index (χ4n) is 4.88. The van der Waals surface area contributed by atoms with Crippen LogP contribution in [0.25, 0.3) is 28.1 Å². The van der Waals surface area contributed by atoms with Crippen LogP contribution in [0.3, 0.4) is 0 Å². The molecular weight excluding hydrogens is 514 g/mol. The van der Waals surface area contributed by atoms with Crippen molar-refractivity contribution >= 4 is 34.0 Å². The average molecular weight is 542 g/mol. The van der Waals surface area contributed by atoms with Crippen LogP contribution >= 0.6 is 11.6 Å². The van der Waals surface area contributed by atoms with Crippen molar-refractivity contribution in [1.82, 2.24) is 14.5 Å². The van der Waals surface area contributed by atoms with Crippen LogP contribution in [0.4, 0.5) is 11.4 Å². The third kappa shape index (κ3) is 5.13. The molecule has 9 heteroatoms. The lowest BCUT2D eigenvalue weighted by atomic mass is 10.1. The van der Waals surface area contributed by atoms with Gasteiger partial charge in [0.15, 0.2) is 0 Å². The summed E-state index contributed by atoms with van der Waals surface area (Å²) in [5, 5.41) is 5.01. The highest BCUT2D eigenvalue weighted by Gasteiger charge is 2.19. The molecule has 1 fully saturated rings. The zero-order valence-corrected chi connectivity index (χ0v) is 22.5. The third-order valence-electron chi connectivity index (χ3n) is 6.83. The molecule has 0 unspecified atom stereocenters. The first kappa shape index (κ1) is 25.2. The van der Waals surface area contributed by atoms with Gasteiger partial charge in [0.2, 0.25) is 5.88 Å². The number of hydrogen-bond acceptors (Lipinski definition) is 7. The van der Waals surface area contributed by atoms with Crippen LogP contribution in [0.15, 0.2) is 77.9 Å². The molecule has 6 rings (SSSR count). The molecule has 3 aliphatic rings. The van der Waals surface area contributed by atoms with E-state index in [1.54, 1.807) is 20.4 Å². The normalized spacial score (nSPS) is 14.6. The predicted octanol–water partition coefficient (Wildman–Crippen LogP) is 6.02. The zero-order chi connectivity index (χ0) is 26.8. The van der Waals surface area contributed by atoms with E-state index in [2.05, 4.69) is 20.9 Å². The first-order chi connectivity index (χ1) is 19.1. The summed E-state index contributed by atoms with van der Waals surface area (Å²) in [7, 11) is 3.27. The minimum Gasteiger partial charge on any atom is -0.497 e. The molecule has 3 aromatic rings. The van der Waals surface area contributed by atoms with Gasteiger partial charge in [0.1, 0.15) is 11.4 Å². The molecule has 0 saturated carbocycles. The summed E-state index contributed by atoms with van der Waals surface area (Å²) in [6, 6.07) is 21.8. The van der Waals surface area contributed by atoms with Crippen LogP contribution in [0, 0.1) is 0 Å². The Morgan fingerprint density at radius 1 is 0.974 bits per heavy atom. The molecule has 2 aliphatic heterocycles. The quantitative estimate of drug-likeness (QED) is 0.265. The Morgan fingerprint density at radius 3 is 2.56 bits per heavy atom. The van der Waals surface area contributed by atoms with E-state index < -0.39 is 0 Å². The van der Waals surface area contributed by atoms with Crippen molar-refractivity contribution in [3.05, 3.63) is 83.3 Å². The van der Waals surface area contributed by atoms with Gasteiger partial charge in [0, 0.05) is 36.2 Å². The van der Waals surface area contributed by atoms with Crippen molar-refractivity contribution in [2.24, 2.45) is 4.99 Å². The van der Waals surface area contributed by atoms with E-state index in [9.17, 15) is 0 Å². The van der Waals surface area contributed by atoms with Crippen LogP contribution in [0.1, 0.15) is 12.8 Å². The summed E-state index contributed by atoms with van der Waals surface area (Å²) in [6.07, 6.45) is 3.45. The van der Waals surface area contributed by atoms with E-state index in [-0.39, 0.29) is 6.04 Å². The number of fused-ring (bicyclic) bond motifs is 2. The fraction of sp³-hybridized carbons (Fsp3) is 0.233. The largest absolute Gasteiger partial charge is 0.497 e.